The Labute approximate surface area is 131 Å². The first-order chi connectivity index (χ1) is 9.94. The van der Waals surface area contributed by atoms with Crippen LogP contribution < -0.4 is 4.72 Å². The average molecular weight is 351 g/mol. The fraction of sp³-hybridized carbons (Fsp3) is 0.273. The summed E-state index contributed by atoms with van der Waals surface area (Å²) in [7, 11) is -3.81. The van der Waals surface area contributed by atoms with Crippen molar-refractivity contribution in [2.45, 2.75) is 17.9 Å². The molecule has 1 aromatic carbocycles. The summed E-state index contributed by atoms with van der Waals surface area (Å²) in [6, 6.07) is 2.54. The van der Waals surface area contributed by atoms with Crippen LogP contribution in [0, 0.1) is 0 Å². The number of nitrogens with zero attached hydrogens (tertiary/aromatic N) is 2. The molecular weight excluding hydrogens is 339 g/mol. The Hall–Kier alpha value is -1.19. The number of hydrogen-bond donors (Lipinski definition) is 3. The van der Waals surface area contributed by atoms with Crippen molar-refractivity contribution < 1.29 is 13.5 Å². The lowest BCUT2D eigenvalue weighted by molar-refractivity contribution is 0.281. The van der Waals surface area contributed by atoms with Crippen LogP contribution in [0.1, 0.15) is 11.4 Å². The lowest BCUT2D eigenvalue weighted by Gasteiger charge is -2.10. The van der Waals surface area contributed by atoms with Crippen LogP contribution in [-0.4, -0.2) is 35.3 Å². The van der Waals surface area contributed by atoms with Crippen molar-refractivity contribution in [3.05, 3.63) is 39.9 Å². The van der Waals surface area contributed by atoms with Gasteiger partial charge in [-0.2, -0.15) is 5.10 Å². The maximum absolute atomic E-state index is 12.2. The standard InChI is InChI=1S/C11H12Cl2N4O3S/c12-8-4-9(13)10(3-7(8)5-18)21(19,20)16-2-1-11-14-6-15-17-11/h3-4,6,16,18H,1-2,5H2,(H,14,15,17). The van der Waals surface area contributed by atoms with Crippen molar-refractivity contribution in [2.24, 2.45) is 0 Å². The summed E-state index contributed by atoms with van der Waals surface area (Å²) >= 11 is 11.8. The molecule has 1 aromatic heterocycles. The fourth-order valence-electron chi connectivity index (χ4n) is 1.63. The van der Waals surface area contributed by atoms with Crippen molar-refractivity contribution in [3.8, 4) is 0 Å². The first kappa shape index (κ1) is 16.2. The monoisotopic (exact) mass is 350 g/mol. The number of aromatic amines is 1. The summed E-state index contributed by atoms with van der Waals surface area (Å²) < 4.78 is 26.8. The third-order valence-corrected chi connectivity index (χ3v) is 4.96. The SMILES string of the molecule is O=S(=O)(NCCc1ncn[nH]1)c1cc(CO)c(Cl)cc1Cl. The third-order valence-electron chi connectivity index (χ3n) is 2.68. The van der Waals surface area contributed by atoms with Gasteiger partial charge in [0.05, 0.1) is 11.6 Å². The molecule has 0 aliphatic carbocycles. The Morgan fingerprint density at radius 2 is 2.05 bits per heavy atom. The zero-order chi connectivity index (χ0) is 15.5. The lowest BCUT2D eigenvalue weighted by Crippen LogP contribution is -2.26. The number of aliphatic hydroxyl groups is 1. The third kappa shape index (κ3) is 3.92. The van der Waals surface area contributed by atoms with E-state index < -0.39 is 10.0 Å². The molecule has 1 heterocycles. The van der Waals surface area contributed by atoms with Gasteiger partial charge in [0, 0.05) is 18.0 Å². The molecule has 0 saturated carbocycles. The molecule has 0 amide bonds. The molecule has 3 N–H and O–H groups in total. The van der Waals surface area contributed by atoms with Crippen LogP contribution in [0.15, 0.2) is 23.4 Å². The van der Waals surface area contributed by atoms with Gasteiger partial charge < -0.3 is 5.11 Å². The van der Waals surface area contributed by atoms with Crippen molar-refractivity contribution in [1.29, 1.82) is 0 Å². The largest absolute Gasteiger partial charge is 0.392 e. The molecular formula is C11H12Cl2N4O3S. The van der Waals surface area contributed by atoms with E-state index in [-0.39, 0.29) is 33.7 Å². The second-order valence-electron chi connectivity index (χ2n) is 4.11. The van der Waals surface area contributed by atoms with Crippen LogP contribution in [0.3, 0.4) is 0 Å². The van der Waals surface area contributed by atoms with Gasteiger partial charge in [-0.3, -0.25) is 5.10 Å². The van der Waals surface area contributed by atoms with Gasteiger partial charge in [0.1, 0.15) is 17.0 Å². The first-order valence-electron chi connectivity index (χ1n) is 5.86. The highest BCUT2D eigenvalue weighted by Gasteiger charge is 2.19. The van der Waals surface area contributed by atoms with E-state index >= 15 is 0 Å². The van der Waals surface area contributed by atoms with Crippen LogP contribution >= 0.6 is 23.2 Å². The number of hydrogen-bond acceptors (Lipinski definition) is 5. The summed E-state index contributed by atoms with van der Waals surface area (Å²) in [6.45, 7) is -0.248. The Bertz CT molecular complexity index is 719. The molecule has 0 unspecified atom stereocenters. The van der Waals surface area contributed by atoms with Crippen molar-refractivity contribution in [3.63, 3.8) is 0 Å². The molecule has 10 heteroatoms. The smallest absolute Gasteiger partial charge is 0.242 e. The molecule has 21 heavy (non-hydrogen) atoms. The molecule has 2 aromatic rings. The Morgan fingerprint density at radius 3 is 2.67 bits per heavy atom. The van der Waals surface area contributed by atoms with Crippen molar-refractivity contribution in [2.75, 3.05) is 6.54 Å². The number of halogens is 2. The number of rotatable bonds is 6. The molecule has 2 rings (SSSR count). The van der Waals surface area contributed by atoms with E-state index in [9.17, 15) is 8.42 Å². The minimum atomic E-state index is -3.81. The molecule has 0 aliphatic heterocycles. The summed E-state index contributed by atoms with van der Waals surface area (Å²) in [4.78, 5) is 3.76. The highest BCUT2D eigenvalue weighted by molar-refractivity contribution is 7.89. The van der Waals surface area contributed by atoms with E-state index in [4.69, 9.17) is 28.3 Å². The topological polar surface area (TPSA) is 108 Å². The van der Waals surface area contributed by atoms with Crippen LogP contribution in [-0.2, 0) is 23.1 Å². The maximum atomic E-state index is 12.2. The lowest BCUT2D eigenvalue weighted by atomic mass is 10.2. The quantitative estimate of drug-likeness (QED) is 0.723. The molecule has 0 bridgehead atoms. The molecule has 0 atom stereocenters. The molecule has 0 saturated heterocycles. The van der Waals surface area contributed by atoms with Gasteiger partial charge in [0.2, 0.25) is 10.0 Å². The zero-order valence-electron chi connectivity index (χ0n) is 10.7. The predicted molar refractivity (Wildman–Crippen MR) is 77.7 cm³/mol. The first-order valence-corrected chi connectivity index (χ1v) is 8.10. The number of nitrogens with one attached hydrogen (secondary N) is 2. The number of aromatic nitrogens is 3. The van der Waals surface area contributed by atoms with Crippen LogP contribution in [0.4, 0.5) is 0 Å². The van der Waals surface area contributed by atoms with Crippen molar-refractivity contribution >= 4 is 33.2 Å². The van der Waals surface area contributed by atoms with Gasteiger partial charge in [-0.1, -0.05) is 23.2 Å². The normalized spacial score (nSPS) is 11.8. The molecule has 7 nitrogen and oxygen atoms in total. The predicted octanol–water partition coefficient (Wildman–Crippen LogP) is 1.12. The van der Waals surface area contributed by atoms with Gasteiger partial charge in [-0.15, -0.1) is 0 Å². The molecule has 0 radical (unpaired) electrons. The summed E-state index contributed by atoms with van der Waals surface area (Å²) in [5, 5.41) is 15.6. The van der Waals surface area contributed by atoms with E-state index in [1.165, 1.54) is 18.5 Å². The number of sulfonamides is 1. The molecule has 0 aliphatic rings. The number of aliphatic hydroxyl groups excluding tert-OH is 1. The van der Waals surface area contributed by atoms with Gasteiger partial charge in [-0.25, -0.2) is 18.1 Å². The Kier molecular flexibility index (Phi) is 5.17. The maximum Gasteiger partial charge on any atom is 0.242 e. The average Bonchev–Trinajstić information content (AvgIpc) is 2.91. The van der Waals surface area contributed by atoms with E-state index in [1.807, 2.05) is 0 Å². The number of benzene rings is 1. The van der Waals surface area contributed by atoms with Gasteiger partial charge >= 0.3 is 0 Å². The van der Waals surface area contributed by atoms with Gasteiger partial charge in [0.15, 0.2) is 0 Å². The van der Waals surface area contributed by atoms with Crippen LogP contribution in [0.2, 0.25) is 10.0 Å². The van der Waals surface area contributed by atoms with Crippen molar-refractivity contribution in [1.82, 2.24) is 19.9 Å². The van der Waals surface area contributed by atoms with Crippen LogP contribution in [0.5, 0.6) is 0 Å². The van der Waals surface area contributed by atoms with E-state index in [0.717, 1.165) is 0 Å². The molecule has 0 fully saturated rings. The highest BCUT2D eigenvalue weighted by Crippen LogP contribution is 2.28. The summed E-state index contributed by atoms with van der Waals surface area (Å²) in [5.74, 6) is 0.566. The summed E-state index contributed by atoms with van der Waals surface area (Å²) in [6.07, 6.45) is 1.70. The van der Waals surface area contributed by atoms with Gasteiger partial charge in [0.25, 0.3) is 0 Å². The minimum Gasteiger partial charge on any atom is -0.392 e. The van der Waals surface area contributed by atoms with E-state index in [1.54, 1.807) is 0 Å². The Morgan fingerprint density at radius 1 is 1.29 bits per heavy atom. The number of H-pyrrole nitrogens is 1. The minimum absolute atomic E-state index is 0.00985. The van der Waals surface area contributed by atoms with Crippen LogP contribution in [0.25, 0.3) is 0 Å². The fourth-order valence-corrected chi connectivity index (χ4v) is 3.52. The second-order valence-corrected chi connectivity index (χ2v) is 6.66. The molecule has 0 spiro atoms. The molecule has 114 valence electrons. The van der Waals surface area contributed by atoms with E-state index in [0.29, 0.717) is 12.2 Å². The zero-order valence-corrected chi connectivity index (χ0v) is 13.0. The second kappa shape index (κ2) is 6.71. The van der Waals surface area contributed by atoms with Gasteiger partial charge in [-0.05, 0) is 17.7 Å². The highest BCUT2D eigenvalue weighted by atomic mass is 35.5. The van der Waals surface area contributed by atoms with E-state index in [2.05, 4.69) is 19.9 Å². The Balaban J connectivity index is 2.15. The summed E-state index contributed by atoms with van der Waals surface area (Å²) in [5.41, 5.74) is 0.289.